The lowest BCUT2D eigenvalue weighted by atomic mass is 9.94. The molecule has 1 aromatic rings. The maximum absolute atomic E-state index is 9.98. The van der Waals surface area contributed by atoms with Crippen molar-refractivity contribution in [2.24, 2.45) is 5.92 Å². The van der Waals surface area contributed by atoms with Crippen molar-refractivity contribution in [1.29, 1.82) is 0 Å². The molecule has 2 rings (SSSR count). The molecule has 0 saturated heterocycles. The third kappa shape index (κ3) is 2.40. The fourth-order valence-corrected chi connectivity index (χ4v) is 2.77. The predicted molar refractivity (Wildman–Crippen MR) is 68.1 cm³/mol. The molecule has 1 aromatic heterocycles. The monoisotopic (exact) mass is 237 g/mol. The van der Waals surface area contributed by atoms with E-state index in [-0.39, 0.29) is 6.10 Å². The Morgan fingerprint density at radius 3 is 2.94 bits per heavy atom. The molecule has 1 N–H and O–H groups in total. The standard InChI is InChI=1S/C14H23NO2/c1-10(2)13(9-17-3)15-8-7-11-12(15)5-4-6-14(11)16/h7-8,10,13-14,16H,4-6,9H2,1-3H3. The Hall–Kier alpha value is -0.800. The van der Waals surface area contributed by atoms with E-state index in [9.17, 15) is 5.11 Å². The second-order valence-electron chi connectivity index (χ2n) is 5.30. The number of fused-ring (bicyclic) bond motifs is 1. The number of hydrogen-bond acceptors (Lipinski definition) is 2. The molecule has 0 bridgehead atoms. The molecule has 0 saturated carbocycles. The Kier molecular flexibility index (Phi) is 3.89. The number of hydrogen-bond donors (Lipinski definition) is 1. The zero-order valence-electron chi connectivity index (χ0n) is 11.0. The third-order valence-electron chi connectivity index (χ3n) is 3.77. The molecule has 1 aliphatic carbocycles. The van der Waals surface area contributed by atoms with Crippen LogP contribution in [0.3, 0.4) is 0 Å². The normalized spacial score (nSPS) is 21.6. The first kappa shape index (κ1) is 12.7. The van der Waals surface area contributed by atoms with Crippen LogP contribution in [-0.2, 0) is 11.2 Å². The van der Waals surface area contributed by atoms with Gasteiger partial charge in [0, 0.05) is 24.6 Å². The molecule has 17 heavy (non-hydrogen) atoms. The quantitative estimate of drug-likeness (QED) is 0.873. The molecule has 1 heterocycles. The van der Waals surface area contributed by atoms with Crippen molar-refractivity contribution in [2.45, 2.75) is 45.3 Å². The van der Waals surface area contributed by atoms with Gasteiger partial charge in [-0.15, -0.1) is 0 Å². The molecule has 1 aliphatic rings. The molecule has 2 atom stereocenters. The van der Waals surface area contributed by atoms with E-state index in [1.54, 1.807) is 7.11 Å². The smallest absolute Gasteiger partial charge is 0.0807 e. The lowest BCUT2D eigenvalue weighted by Crippen LogP contribution is -2.23. The van der Waals surface area contributed by atoms with Crippen LogP contribution in [0.5, 0.6) is 0 Å². The van der Waals surface area contributed by atoms with Gasteiger partial charge in [-0.1, -0.05) is 13.8 Å². The molecule has 0 radical (unpaired) electrons. The van der Waals surface area contributed by atoms with Crippen molar-refractivity contribution >= 4 is 0 Å². The number of aromatic nitrogens is 1. The zero-order chi connectivity index (χ0) is 12.4. The van der Waals surface area contributed by atoms with E-state index in [0.29, 0.717) is 12.0 Å². The van der Waals surface area contributed by atoms with Crippen LogP contribution >= 0.6 is 0 Å². The Balaban J connectivity index is 2.31. The first-order valence-corrected chi connectivity index (χ1v) is 6.51. The van der Waals surface area contributed by atoms with Crippen LogP contribution in [0.2, 0.25) is 0 Å². The number of ether oxygens (including phenoxy) is 1. The van der Waals surface area contributed by atoms with E-state index in [1.165, 1.54) is 5.69 Å². The summed E-state index contributed by atoms with van der Waals surface area (Å²) < 4.78 is 7.63. The van der Waals surface area contributed by atoms with Crippen LogP contribution in [0, 0.1) is 5.92 Å². The number of rotatable bonds is 4. The van der Waals surface area contributed by atoms with Gasteiger partial charge >= 0.3 is 0 Å². The molecule has 0 aliphatic heterocycles. The van der Waals surface area contributed by atoms with Crippen molar-refractivity contribution < 1.29 is 9.84 Å². The first-order chi connectivity index (χ1) is 8.15. The molecular weight excluding hydrogens is 214 g/mol. The summed E-state index contributed by atoms with van der Waals surface area (Å²) >= 11 is 0. The maximum Gasteiger partial charge on any atom is 0.0807 e. The second kappa shape index (κ2) is 5.23. The van der Waals surface area contributed by atoms with Crippen molar-refractivity contribution in [1.82, 2.24) is 4.57 Å². The fraction of sp³-hybridized carbons (Fsp3) is 0.714. The molecule has 0 fully saturated rings. The zero-order valence-corrected chi connectivity index (χ0v) is 11.0. The molecule has 2 unspecified atom stereocenters. The van der Waals surface area contributed by atoms with Gasteiger partial charge in [0.15, 0.2) is 0 Å². The summed E-state index contributed by atoms with van der Waals surface area (Å²) in [5.74, 6) is 0.533. The largest absolute Gasteiger partial charge is 0.388 e. The summed E-state index contributed by atoms with van der Waals surface area (Å²) in [5.41, 5.74) is 2.43. The topological polar surface area (TPSA) is 34.4 Å². The van der Waals surface area contributed by atoms with Crippen molar-refractivity contribution in [3.8, 4) is 0 Å². The molecule has 3 nitrogen and oxygen atoms in total. The van der Waals surface area contributed by atoms with Gasteiger partial charge in [0.2, 0.25) is 0 Å². The van der Waals surface area contributed by atoms with Gasteiger partial charge < -0.3 is 14.4 Å². The van der Waals surface area contributed by atoms with Crippen LogP contribution < -0.4 is 0 Å². The summed E-state index contributed by atoms with van der Waals surface area (Å²) in [5, 5.41) is 9.98. The maximum atomic E-state index is 9.98. The van der Waals surface area contributed by atoms with E-state index < -0.39 is 0 Å². The van der Waals surface area contributed by atoms with E-state index in [0.717, 1.165) is 31.4 Å². The summed E-state index contributed by atoms with van der Waals surface area (Å²) in [4.78, 5) is 0. The number of aliphatic hydroxyl groups excluding tert-OH is 1. The molecule has 0 spiro atoms. The first-order valence-electron chi connectivity index (χ1n) is 6.51. The lowest BCUT2D eigenvalue weighted by Gasteiger charge is -2.27. The highest BCUT2D eigenvalue weighted by molar-refractivity contribution is 5.28. The van der Waals surface area contributed by atoms with Crippen LogP contribution in [0.25, 0.3) is 0 Å². The van der Waals surface area contributed by atoms with Crippen molar-refractivity contribution in [2.75, 3.05) is 13.7 Å². The minimum Gasteiger partial charge on any atom is -0.388 e. The third-order valence-corrected chi connectivity index (χ3v) is 3.77. The number of nitrogens with zero attached hydrogens (tertiary/aromatic N) is 1. The number of aliphatic hydroxyl groups is 1. The lowest BCUT2D eigenvalue weighted by molar-refractivity contribution is 0.127. The Labute approximate surface area is 103 Å². The summed E-state index contributed by atoms with van der Waals surface area (Å²) in [6.07, 6.45) is 4.90. The minimum atomic E-state index is -0.268. The predicted octanol–water partition coefficient (Wildman–Crippen LogP) is 2.70. The summed E-state index contributed by atoms with van der Waals surface area (Å²) in [6.45, 7) is 5.17. The Morgan fingerprint density at radius 2 is 2.29 bits per heavy atom. The van der Waals surface area contributed by atoms with E-state index >= 15 is 0 Å². The SMILES string of the molecule is COCC(C(C)C)n1ccc2c1CCCC2O. The van der Waals surface area contributed by atoms with Crippen LogP contribution in [0.15, 0.2) is 12.3 Å². The Bertz CT molecular complexity index is 370. The Morgan fingerprint density at radius 1 is 1.53 bits per heavy atom. The average molecular weight is 237 g/mol. The van der Waals surface area contributed by atoms with Crippen LogP contribution in [0.1, 0.15) is 50.1 Å². The van der Waals surface area contributed by atoms with Crippen molar-refractivity contribution in [3.05, 3.63) is 23.5 Å². The molecule has 3 heteroatoms. The average Bonchev–Trinajstić information content (AvgIpc) is 2.70. The minimum absolute atomic E-state index is 0.268. The van der Waals surface area contributed by atoms with Gasteiger partial charge in [-0.05, 0) is 31.2 Å². The summed E-state index contributed by atoms with van der Waals surface area (Å²) in [7, 11) is 1.75. The van der Waals surface area contributed by atoms with E-state index in [4.69, 9.17) is 4.74 Å². The van der Waals surface area contributed by atoms with Gasteiger partial charge in [-0.2, -0.15) is 0 Å². The molecule has 96 valence electrons. The number of methoxy groups -OCH3 is 1. The van der Waals surface area contributed by atoms with E-state index in [2.05, 4.69) is 30.7 Å². The van der Waals surface area contributed by atoms with Gasteiger partial charge in [0.05, 0.1) is 18.8 Å². The highest BCUT2D eigenvalue weighted by Gasteiger charge is 2.25. The molecular formula is C14H23NO2. The second-order valence-corrected chi connectivity index (χ2v) is 5.30. The van der Waals surface area contributed by atoms with Gasteiger partial charge in [-0.25, -0.2) is 0 Å². The fourth-order valence-electron chi connectivity index (χ4n) is 2.77. The van der Waals surface area contributed by atoms with Crippen molar-refractivity contribution in [3.63, 3.8) is 0 Å². The van der Waals surface area contributed by atoms with Crippen LogP contribution in [-0.4, -0.2) is 23.4 Å². The van der Waals surface area contributed by atoms with Crippen LogP contribution in [0.4, 0.5) is 0 Å². The van der Waals surface area contributed by atoms with Gasteiger partial charge in [0.25, 0.3) is 0 Å². The summed E-state index contributed by atoms with van der Waals surface area (Å²) in [6, 6.07) is 2.44. The highest BCUT2D eigenvalue weighted by atomic mass is 16.5. The molecule has 0 amide bonds. The molecule has 0 aromatic carbocycles. The highest BCUT2D eigenvalue weighted by Crippen LogP contribution is 2.33. The van der Waals surface area contributed by atoms with Gasteiger partial charge in [0.1, 0.15) is 0 Å². The van der Waals surface area contributed by atoms with Gasteiger partial charge in [-0.3, -0.25) is 0 Å². The van der Waals surface area contributed by atoms with E-state index in [1.807, 2.05) is 0 Å².